The maximum atomic E-state index is 12.0. The Balaban J connectivity index is 2.08. The second-order valence-corrected chi connectivity index (χ2v) is 5.93. The average molecular weight is 334 g/mol. The standard InChI is InChI=1S/C16H22N4O2S/c1-11-5-4-6-13(9-11)15-18-19-16(23)20(15)8-7-14(21)17-12(2)10-22-3/h4-6,9,12H,7-8,10H2,1-3H3,(H,17,21)(H,19,23)/t12-/m1/s1. The van der Waals surface area contributed by atoms with E-state index in [1.165, 1.54) is 0 Å². The molecule has 0 unspecified atom stereocenters. The monoisotopic (exact) mass is 334 g/mol. The van der Waals surface area contributed by atoms with E-state index in [0.29, 0.717) is 24.3 Å². The number of hydrogen-bond acceptors (Lipinski definition) is 4. The van der Waals surface area contributed by atoms with Gasteiger partial charge < -0.3 is 10.1 Å². The minimum atomic E-state index is -0.0344. The summed E-state index contributed by atoms with van der Waals surface area (Å²) in [5.74, 6) is 0.712. The number of amides is 1. The van der Waals surface area contributed by atoms with Crippen LogP contribution >= 0.6 is 12.2 Å². The third-order valence-corrected chi connectivity index (χ3v) is 3.73. The lowest BCUT2D eigenvalue weighted by atomic mass is 10.1. The van der Waals surface area contributed by atoms with Gasteiger partial charge in [0.25, 0.3) is 0 Å². The lowest BCUT2D eigenvalue weighted by Crippen LogP contribution is -2.36. The number of carbonyl (C=O) groups is 1. The molecule has 0 aliphatic heterocycles. The molecule has 23 heavy (non-hydrogen) atoms. The predicted octanol–water partition coefficient (Wildman–Crippen LogP) is 2.46. The molecule has 1 heterocycles. The number of ether oxygens (including phenoxy) is 1. The van der Waals surface area contributed by atoms with Gasteiger partial charge in [-0.25, -0.2) is 0 Å². The predicted molar refractivity (Wildman–Crippen MR) is 91.7 cm³/mol. The summed E-state index contributed by atoms with van der Waals surface area (Å²) in [6, 6.07) is 8.02. The molecular formula is C16H22N4O2S. The van der Waals surface area contributed by atoms with E-state index in [1.807, 2.05) is 42.7 Å². The fraction of sp³-hybridized carbons (Fsp3) is 0.438. The fourth-order valence-electron chi connectivity index (χ4n) is 2.38. The molecule has 1 atom stereocenters. The van der Waals surface area contributed by atoms with Crippen LogP contribution in [0.4, 0.5) is 0 Å². The highest BCUT2D eigenvalue weighted by molar-refractivity contribution is 7.71. The molecule has 6 nitrogen and oxygen atoms in total. The number of hydrogen-bond donors (Lipinski definition) is 2. The molecule has 0 spiro atoms. The van der Waals surface area contributed by atoms with Crippen LogP contribution < -0.4 is 5.32 Å². The van der Waals surface area contributed by atoms with E-state index in [0.717, 1.165) is 17.0 Å². The van der Waals surface area contributed by atoms with Gasteiger partial charge in [0.15, 0.2) is 10.6 Å². The summed E-state index contributed by atoms with van der Waals surface area (Å²) >= 11 is 5.28. The Morgan fingerprint density at radius 1 is 1.52 bits per heavy atom. The number of nitrogens with one attached hydrogen (secondary N) is 2. The highest BCUT2D eigenvalue weighted by atomic mass is 32.1. The SMILES string of the molecule is COC[C@@H](C)NC(=O)CCn1c(-c2cccc(C)c2)n[nH]c1=S. The Kier molecular flexibility index (Phi) is 6.06. The van der Waals surface area contributed by atoms with Gasteiger partial charge in [-0.15, -0.1) is 0 Å². The number of carbonyl (C=O) groups excluding carboxylic acids is 1. The quantitative estimate of drug-likeness (QED) is 0.763. The van der Waals surface area contributed by atoms with Crippen LogP contribution in [0.25, 0.3) is 11.4 Å². The van der Waals surface area contributed by atoms with Crippen LogP contribution in [0.1, 0.15) is 18.9 Å². The van der Waals surface area contributed by atoms with Crippen molar-refractivity contribution in [3.05, 3.63) is 34.6 Å². The van der Waals surface area contributed by atoms with E-state index in [1.54, 1.807) is 7.11 Å². The zero-order chi connectivity index (χ0) is 16.8. The number of methoxy groups -OCH3 is 1. The molecule has 0 saturated heterocycles. The molecule has 2 rings (SSSR count). The summed E-state index contributed by atoms with van der Waals surface area (Å²) in [5.41, 5.74) is 2.12. The van der Waals surface area contributed by atoms with Crippen molar-refractivity contribution in [3.63, 3.8) is 0 Å². The average Bonchev–Trinajstić information content (AvgIpc) is 2.86. The van der Waals surface area contributed by atoms with Gasteiger partial charge in [-0.1, -0.05) is 23.8 Å². The van der Waals surface area contributed by atoms with Crippen LogP contribution in [0.3, 0.4) is 0 Å². The van der Waals surface area contributed by atoms with E-state index in [4.69, 9.17) is 17.0 Å². The first-order valence-electron chi connectivity index (χ1n) is 7.52. The van der Waals surface area contributed by atoms with Gasteiger partial charge in [-0.05, 0) is 32.1 Å². The molecule has 0 fully saturated rings. The fourth-order valence-corrected chi connectivity index (χ4v) is 2.61. The molecule has 0 saturated carbocycles. The molecular weight excluding hydrogens is 312 g/mol. The van der Waals surface area contributed by atoms with Crippen LogP contribution in [-0.4, -0.2) is 40.4 Å². The van der Waals surface area contributed by atoms with Crippen LogP contribution in [0, 0.1) is 11.7 Å². The van der Waals surface area contributed by atoms with Crippen molar-refractivity contribution in [1.29, 1.82) is 0 Å². The van der Waals surface area contributed by atoms with E-state index in [2.05, 4.69) is 15.5 Å². The molecule has 1 aromatic carbocycles. The summed E-state index contributed by atoms with van der Waals surface area (Å²) in [7, 11) is 1.61. The maximum Gasteiger partial charge on any atom is 0.222 e. The minimum Gasteiger partial charge on any atom is -0.383 e. The number of aromatic nitrogens is 3. The molecule has 2 aromatic rings. The molecule has 1 amide bonds. The highest BCUT2D eigenvalue weighted by Gasteiger charge is 2.12. The molecule has 0 bridgehead atoms. The first kappa shape index (κ1) is 17.4. The van der Waals surface area contributed by atoms with Gasteiger partial charge in [0, 0.05) is 31.7 Å². The maximum absolute atomic E-state index is 12.0. The van der Waals surface area contributed by atoms with Gasteiger partial charge in [0.2, 0.25) is 5.91 Å². The van der Waals surface area contributed by atoms with Crippen LogP contribution in [0.5, 0.6) is 0 Å². The minimum absolute atomic E-state index is 0.0129. The summed E-state index contributed by atoms with van der Waals surface area (Å²) in [6.07, 6.45) is 0.334. The van der Waals surface area contributed by atoms with Gasteiger partial charge in [0.1, 0.15) is 0 Å². The Morgan fingerprint density at radius 2 is 2.30 bits per heavy atom. The Morgan fingerprint density at radius 3 is 3.00 bits per heavy atom. The summed E-state index contributed by atoms with van der Waals surface area (Å²) < 4.78 is 7.38. The topological polar surface area (TPSA) is 71.9 Å². The summed E-state index contributed by atoms with van der Waals surface area (Å²) in [4.78, 5) is 12.0. The molecule has 124 valence electrons. The van der Waals surface area contributed by atoms with E-state index in [-0.39, 0.29) is 11.9 Å². The number of aryl methyl sites for hydroxylation is 1. The second kappa shape index (κ2) is 8.03. The van der Waals surface area contributed by atoms with Crippen LogP contribution in [0.15, 0.2) is 24.3 Å². The normalized spacial score (nSPS) is 12.1. The van der Waals surface area contributed by atoms with Gasteiger partial charge in [-0.3, -0.25) is 14.5 Å². The van der Waals surface area contributed by atoms with Crippen molar-refractivity contribution < 1.29 is 9.53 Å². The van der Waals surface area contributed by atoms with Crippen molar-refractivity contribution in [2.24, 2.45) is 0 Å². The lowest BCUT2D eigenvalue weighted by Gasteiger charge is -2.13. The molecule has 0 aliphatic rings. The highest BCUT2D eigenvalue weighted by Crippen LogP contribution is 2.18. The van der Waals surface area contributed by atoms with E-state index < -0.39 is 0 Å². The third-order valence-electron chi connectivity index (χ3n) is 3.42. The third kappa shape index (κ3) is 4.74. The summed E-state index contributed by atoms with van der Waals surface area (Å²) in [6.45, 7) is 4.90. The zero-order valence-corrected chi connectivity index (χ0v) is 14.4. The lowest BCUT2D eigenvalue weighted by molar-refractivity contribution is -0.122. The van der Waals surface area contributed by atoms with Crippen LogP contribution in [-0.2, 0) is 16.1 Å². The van der Waals surface area contributed by atoms with Crippen molar-refractivity contribution in [1.82, 2.24) is 20.1 Å². The number of aromatic amines is 1. The van der Waals surface area contributed by atoms with Gasteiger partial charge >= 0.3 is 0 Å². The second-order valence-electron chi connectivity index (χ2n) is 5.55. The van der Waals surface area contributed by atoms with Crippen molar-refractivity contribution in [3.8, 4) is 11.4 Å². The Labute approximate surface area is 140 Å². The molecule has 7 heteroatoms. The Hall–Kier alpha value is -1.99. The molecule has 0 aliphatic carbocycles. The number of nitrogens with zero attached hydrogens (tertiary/aromatic N) is 2. The number of benzene rings is 1. The summed E-state index contributed by atoms with van der Waals surface area (Å²) in [5, 5.41) is 9.98. The molecule has 2 N–H and O–H groups in total. The first-order chi connectivity index (χ1) is 11.0. The van der Waals surface area contributed by atoms with Gasteiger partial charge in [-0.2, -0.15) is 5.10 Å². The largest absolute Gasteiger partial charge is 0.383 e. The van der Waals surface area contributed by atoms with E-state index >= 15 is 0 Å². The van der Waals surface area contributed by atoms with Crippen molar-refractivity contribution in [2.45, 2.75) is 32.9 Å². The molecule has 1 aromatic heterocycles. The Bertz CT molecular complexity index is 723. The number of rotatable bonds is 7. The van der Waals surface area contributed by atoms with Crippen molar-refractivity contribution >= 4 is 18.1 Å². The van der Waals surface area contributed by atoms with E-state index in [9.17, 15) is 4.79 Å². The zero-order valence-electron chi connectivity index (χ0n) is 13.6. The smallest absolute Gasteiger partial charge is 0.222 e. The van der Waals surface area contributed by atoms with Crippen LogP contribution in [0.2, 0.25) is 0 Å². The van der Waals surface area contributed by atoms with Crippen molar-refractivity contribution in [2.75, 3.05) is 13.7 Å². The van der Waals surface area contributed by atoms with Gasteiger partial charge in [0.05, 0.1) is 6.61 Å². The molecule has 0 radical (unpaired) electrons. The number of H-pyrrole nitrogens is 1. The first-order valence-corrected chi connectivity index (χ1v) is 7.92.